The molecule has 1 N–H and O–H groups in total. The third kappa shape index (κ3) is 4.18. The van der Waals surface area contributed by atoms with Crippen LogP contribution in [0, 0.1) is 5.82 Å². The second-order valence-corrected chi connectivity index (χ2v) is 6.89. The van der Waals surface area contributed by atoms with Gasteiger partial charge in [0.2, 0.25) is 5.91 Å². The number of nitrogens with zero attached hydrogens (tertiary/aromatic N) is 2. The number of hydrogen-bond donors (Lipinski definition) is 1. The quantitative estimate of drug-likeness (QED) is 0.647. The molecule has 3 aromatic rings. The summed E-state index contributed by atoms with van der Waals surface area (Å²) in [5.41, 5.74) is 0.953. The number of rotatable bonds is 5. The molecule has 0 saturated carbocycles. The van der Waals surface area contributed by atoms with Gasteiger partial charge in [0, 0.05) is 17.2 Å². The predicted octanol–water partition coefficient (Wildman–Crippen LogP) is 4.17. The van der Waals surface area contributed by atoms with Crippen molar-refractivity contribution in [2.24, 2.45) is 0 Å². The highest BCUT2D eigenvalue weighted by Crippen LogP contribution is 2.18. The first-order valence-electron chi connectivity index (χ1n) is 7.10. The summed E-state index contributed by atoms with van der Waals surface area (Å²) in [6, 6.07) is 8.61. The van der Waals surface area contributed by atoms with Crippen molar-refractivity contribution in [2.45, 2.75) is 6.54 Å². The Kier molecular flexibility index (Phi) is 5.22. The van der Waals surface area contributed by atoms with Crippen molar-refractivity contribution in [3.63, 3.8) is 0 Å². The maximum absolute atomic E-state index is 14.2. The average Bonchev–Trinajstić information content (AvgIpc) is 3.22. The molecule has 122 valence electrons. The Bertz CT molecular complexity index is 874. The topological polar surface area (TPSA) is 46.9 Å². The van der Waals surface area contributed by atoms with Crippen LogP contribution < -0.4 is 5.32 Å². The van der Waals surface area contributed by atoms with Crippen LogP contribution in [-0.2, 0) is 11.3 Å². The number of carbonyl (C=O) groups is 1. The molecule has 0 saturated heterocycles. The molecular weight excluding hydrogens is 393 g/mol. The SMILES string of the molecule is O=C(/C=C/c1ccc(-n2cc(Br)cn2)c(F)c1)NCc1cccs1. The van der Waals surface area contributed by atoms with Crippen LogP contribution in [-0.4, -0.2) is 15.7 Å². The zero-order chi connectivity index (χ0) is 16.9. The highest BCUT2D eigenvalue weighted by atomic mass is 79.9. The van der Waals surface area contributed by atoms with Crippen molar-refractivity contribution in [3.8, 4) is 5.69 Å². The molecule has 0 radical (unpaired) electrons. The minimum absolute atomic E-state index is 0.219. The third-order valence-electron chi connectivity index (χ3n) is 3.21. The van der Waals surface area contributed by atoms with Crippen molar-refractivity contribution >= 4 is 39.2 Å². The fourth-order valence-electron chi connectivity index (χ4n) is 2.06. The van der Waals surface area contributed by atoms with E-state index in [2.05, 4.69) is 26.3 Å². The summed E-state index contributed by atoms with van der Waals surface area (Å²) < 4.78 is 16.4. The molecule has 2 heterocycles. The van der Waals surface area contributed by atoms with Gasteiger partial charge in [-0.15, -0.1) is 11.3 Å². The largest absolute Gasteiger partial charge is 0.348 e. The second-order valence-electron chi connectivity index (χ2n) is 4.94. The normalized spacial score (nSPS) is 11.1. The maximum Gasteiger partial charge on any atom is 0.244 e. The Morgan fingerprint density at radius 3 is 2.96 bits per heavy atom. The van der Waals surface area contributed by atoms with E-state index in [9.17, 15) is 9.18 Å². The van der Waals surface area contributed by atoms with E-state index in [1.807, 2.05) is 17.5 Å². The second kappa shape index (κ2) is 7.55. The molecule has 24 heavy (non-hydrogen) atoms. The summed E-state index contributed by atoms with van der Waals surface area (Å²) in [5.74, 6) is -0.629. The molecule has 0 atom stereocenters. The van der Waals surface area contributed by atoms with Crippen LogP contribution in [0.5, 0.6) is 0 Å². The molecule has 3 rings (SSSR count). The van der Waals surface area contributed by atoms with E-state index in [-0.39, 0.29) is 5.91 Å². The number of carbonyl (C=O) groups excluding carboxylic acids is 1. The lowest BCUT2D eigenvalue weighted by molar-refractivity contribution is -0.116. The lowest BCUT2D eigenvalue weighted by Crippen LogP contribution is -2.19. The lowest BCUT2D eigenvalue weighted by Gasteiger charge is -2.04. The molecule has 0 bridgehead atoms. The first-order valence-corrected chi connectivity index (χ1v) is 8.77. The van der Waals surface area contributed by atoms with Crippen LogP contribution in [0.3, 0.4) is 0 Å². The van der Waals surface area contributed by atoms with Crippen LogP contribution in [0.2, 0.25) is 0 Å². The highest BCUT2D eigenvalue weighted by molar-refractivity contribution is 9.10. The molecule has 0 unspecified atom stereocenters. The Hall–Kier alpha value is -2.25. The van der Waals surface area contributed by atoms with E-state index >= 15 is 0 Å². The highest BCUT2D eigenvalue weighted by Gasteiger charge is 2.06. The van der Waals surface area contributed by atoms with Crippen molar-refractivity contribution in [1.82, 2.24) is 15.1 Å². The van der Waals surface area contributed by atoms with Gasteiger partial charge in [0.25, 0.3) is 0 Å². The summed E-state index contributed by atoms with van der Waals surface area (Å²) in [7, 11) is 0. The van der Waals surface area contributed by atoms with Crippen molar-refractivity contribution in [2.75, 3.05) is 0 Å². The molecule has 4 nitrogen and oxygen atoms in total. The molecule has 7 heteroatoms. The van der Waals surface area contributed by atoms with Crippen LogP contribution in [0.1, 0.15) is 10.4 Å². The van der Waals surface area contributed by atoms with E-state index < -0.39 is 5.82 Å². The number of benzene rings is 1. The predicted molar refractivity (Wildman–Crippen MR) is 96.4 cm³/mol. The fourth-order valence-corrected chi connectivity index (χ4v) is 2.99. The Balaban J connectivity index is 1.64. The van der Waals surface area contributed by atoms with Gasteiger partial charge in [-0.05, 0) is 51.1 Å². The zero-order valence-corrected chi connectivity index (χ0v) is 14.8. The van der Waals surface area contributed by atoms with Gasteiger partial charge in [0.05, 0.1) is 17.2 Å². The van der Waals surface area contributed by atoms with Crippen LogP contribution in [0.4, 0.5) is 4.39 Å². The van der Waals surface area contributed by atoms with Gasteiger partial charge in [-0.25, -0.2) is 9.07 Å². The number of halogens is 2. The number of thiophene rings is 1. The molecule has 0 aliphatic carbocycles. The summed E-state index contributed by atoms with van der Waals surface area (Å²) in [5, 5.41) is 8.79. The van der Waals surface area contributed by atoms with Crippen molar-refractivity contribution in [1.29, 1.82) is 0 Å². The van der Waals surface area contributed by atoms with E-state index in [0.29, 0.717) is 17.8 Å². The van der Waals surface area contributed by atoms with Crippen LogP contribution in [0.15, 0.2) is 58.7 Å². The fraction of sp³-hybridized carbons (Fsp3) is 0.0588. The van der Waals surface area contributed by atoms with Gasteiger partial charge in [0.1, 0.15) is 11.5 Å². The lowest BCUT2D eigenvalue weighted by atomic mass is 10.2. The molecule has 1 amide bonds. The van der Waals surface area contributed by atoms with Crippen molar-refractivity contribution in [3.05, 3.63) is 74.9 Å². The molecule has 0 fully saturated rings. The monoisotopic (exact) mass is 405 g/mol. The molecule has 2 aromatic heterocycles. The number of amides is 1. The first-order chi connectivity index (χ1) is 11.6. The van der Waals surface area contributed by atoms with Gasteiger partial charge in [0.15, 0.2) is 0 Å². The van der Waals surface area contributed by atoms with Crippen molar-refractivity contribution < 1.29 is 9.18 Å². The van der Waals surface area contributed by atoms with E-state index in [4.69, 9.17) is 0 Å². The number of aromatic nitrogens is 2. The summed E-state index contributed by atoms with van der Waals surface area (Å²) in [6.07, 6.45) is 6.24. The molecule has 1 aromatic carbocycles. The van der Waals surface area contributed by atoms with Gasteiger partial charge in [-0.2, -0.15) is 5.10 Å². The standard InChI is InChI=1S/C17H13BrFN3OS/c18-13-9-21-22(11-13)16-5-3-12(8-15(16)19)4-6-17(23)20-10-14-2-1-7-24-14/h1-9,11H,10H2,(H,20,23)/b6-4+. The zero-order valence-electron chi connectivity index (χ0n) is 12.4. The van der Waals surface area contributed by atoms with E-state index in [1.54, 1.807) is 41.9 Å². The number of nitrogens with one attached hydrogen (secondary N) is 1. The molecule has 0 aliphatic rings. The average molecular weight is 406 g/mol. The maximum atomic E-state index is 14.2. The smallest absolute Gasteiger partial charge is 0.244 e. The van der Waals surface area contributed by atoms with Gasteiger partial charge < -0.3 is 5.32 Å². The Morgan fingerprint density at radius 2 is 2.29 bits per heavy atom. The minimum Gasteiger partial charge on any atom is -0.348 e. The van der Waals surface area contributed by atoms with Gasteiger partial charge >= 0.3 is 0 Å². The third-order valence-corrected chi connectivity index (χ3v) is 4.50. The summed E-state index contributed by atoms with van der Waals surface area (Å²) in [4.78, 5) is 12.9. The van der Waals surface area contributed by atoms with Gasteiger partial charge in [-0.1, -0.05) is 12.1 Å². The number of hydrogen-bond acceptors (Lipinski definition) is 3. The van der Waals surface area contributed by atoms with Crippen LogP contribution >= 0.6 is 27.3 Å². The summed E-state index contributed by atoms with van der Waals surface area (Å²) >= 11 is 4.86. The molecule has 0 aliphatic heterocycles. The molecule has 0 spiro atoms. The van der Waals surface area contributed by atoms with E-state index in [1.165, 1.54) is 16.8 Å². The minimum atomic E-state index is -0.410. The van der Waals surface area contributed by atoms with Crippen LogP contribution in [0.25, 0.3) is 11.8 Å². The van der Waals surface area contributed by atoms with Gasteiger partial charge in [-0.3, -0.25) is 4.79 Å². The summed E-state index contributed by atoms with van der Waals surface area (Å²) in [6.45, 7) is 0.488. The first kappa shape index (κ1) is 16.6. The van der Waals surface area contributed by atoms with E-state index in [0.717, 1.165) is 9.35 Å². The Labute approximate surface area is 150 Å². The Morgan fingerprint density at radius 1 is 1.42 bits per heavy atom. The molecular formula is C17H13BrFN3OS.